The van der Waals surface area contributed by atoms with E-state index in [9.17, 15) is 4.57 Å². The summed E-state index contributed by atoms with van der Waals surface area (Å²) in [4.78, 5) is 0. The minimum absolute atomic E-state index is 1.14. The van der Waals surface area contributed by atoms with E-state index < -0.39 is 7.82 Å². The molecule has 0 rings (SSSR count). The fourth-order valence-corrected chi connectivity index (χ4v) is 1.19. The lowest BCUT2D eigenvalue weighted by atomic mass is 11.8. The second-order valence-corrected chi connectivity index (χ2v) is 3.59. The van der Waals surface area contributed by atoms with Gasteiger partial charge in [-0.25, -0.2) is 8.18 Å². The highest BCUT2D eigenvalue weighted by molar-refractivity contribution is 9.06. The highest BCUT2D eigenvalue weighted by atomic mass is 79.9. The lowest BCUT2D eigenvalue weighted by Gasteiger charge is -2.03. The Labute approximate surface area is 60.3 Å². The first-order valence-corrected chi connectivity index (χ1v) is 3.86. The smallest absolute Gasteiger partial charge is 0.289 e. The Balaban J connectivity index is 3.79. The molecule has 0 aromatic rings. The van der Waals surface area contributed by atoms with E-state index in [1.54, 1.807) is 0 Å². The van der Waals surface area contributed by atoms with Gasteiger partial charge in [0.1, 0.15) is 16.3 Å². The van der Waals surface area contributed by atoms with Crippen molar-refractivity contribution in [2.45, 2.75) is 0 Å². The molecular formula is CH3BrClO4P. The van der Waals surface area contributed by atoms with Gasteiger partial charge in [0.15, 0.2) is 0 Å². The van der Waals surface area contributed by atoms with E-state index in [4.69, 9.17) is 0 Å². The van der Waals surface area contributed by atoms with Crippen molar-refractivity contribution in [3.63, 3.8) is 0 Å². The van der Waals surface area contributed by atoms with Gasteiger partial charge in [0.25, 0.3) is 0 Å². The van der Waals surface area contributed by atoms with E-state index in [2.05, 4.69) is 40.3 Å². The van der Waals surface area contributed by atoms with E-state index in [1.807, 2.05) is 0 Å². The first kappa shape index (κ1) is 8.88. The molecule has 0 fully saturated rings. The summed E-state index contributed by atoms with van der Waals surface area (Å²) in [5.41, 5.74) is 0. The lowest BCUT2D eigenvalue weighted by Crippen LogP contribution is -1.81. The van der Waals surface area contributed by atoms with E-state index in [-0.39, 0.29) is 0 Å². The van der Waals surface area contributed by atoms with Crippen molar-refractivity contribution in [3.8, 4) is 0 Å². The molecule has 7 heteroatoms. The SMILES string of the molecule is COP(=O)(OCl)OBr. The topological polar surface area (TPSA) is 44.8 Å². The second-order valence-electron chi connectivity index (χ2n) is 0.768. The quantitative estimate of drug-likeness (QED) is 0.691. The Morgan fingerprint density at radius 1 is 1.75 bits per heavy atom. The number of halogens is 2. The van der Waals surface area contributed by atoms with E-state index in [1.165, 1.54) is 0 Å². The van der Waals surface area contributed by atoms with Gasteiger partial charge in [-0.1, -0.05) is 0 Å². The average molecular weight is 225 g/mol. The Kier molecular flexibility index (Phi) is 4.24. The molecule has 0 heterocycles. The Bertz CT molecular complexity index is 87.2. The molecule has 1 unspecified atom stereocenters. The normalized spacial score (nSPS) is 17.9. The maximum atomic E-state index is 10.5. The van der Waals surface area contributed by atoms with Gasteiger partial charge in [-0.2, -0.15) is 4.08 Å². The summed E-state index contributed by atoms with van der Waals surface area (Å²) in [5, 5.41) is 0. The molecule has 0 saturated heterocycles. The summed E-state index contributed by atoms with van der Waals surface area (Å²) >= 11 is 7.06. The maximum Gasteiger partial charge on any atom is 0.502 e. The molecule has 0 aliphatic heterocycles. The van der Waals surface area contributed by atoms with Crippen LogP contribution in [-0.4, -0.2) is 7.11 Å². The van der Waals surface area contributed by atoms with E-state index >= 15 is 0 Å². The summed E-state index contributed by atoms with van der Waals surface area (Å²) in [5.74, 6) is 0. The van der Waals surface area contributed by atoms with Crippen molar-refractivity contribution in [2.24, 2.45) is 0 Å². The summed E-state index contributed by atoms with van der Waals surface area (Å²) in [6, 6.07) is 0. The Morgan fingerprint density at radius 3 is 2.25 bits per heavy atom. The Hall–Kier alpha value is 0.880. The van der Waals surface area contributed by atoms with Crippen molar-refractivity contribution in [3.05, 3.63) is 0 Å². The third-order valence-electron chi connectivity index (χ3n) is 0.393. The molecule has 0 aromatic carbocycles. The van der Waals surface area contributed by atoms with Gasteiger partial charge in [0, 0.05) is 7.11 Å². The fraction of sp³-hybridized carbons (Fsp3) is 1.00. The predicted octanol–water partition coefficient (Wildman–Crippen LogP) is 2.24. The van der Waals surface area contributed by atoms with Crippen LogP contribution in [0.5, 0.6) is 0 Å². The lowest BCUT2D eigenvalue weighted by molar-refractivity contribution is 0.273. The zero-order valence-corrected chi connectivity index (χ0v) is 7.07. The van der Waals surface area contributed by atoms with Gasteiger partial charge in [-0.05, 0) is 0 Å². The van der Waals surface area contributed by atoms with Gasteiger partial charge >= 0.3 is 7.82 Å². The van der Waals surface area contributed by atoms with Crippen molar-refractivity contribution in [1.82, 2.24) is 0 Å². The number of phosphoric acid groups is 1. The molecule has 1 atom stereocenters. The van der Waals surface area contributed by atoms with Crippen molar-refractivity contribution >= 4 is 35.9 Å². The summed E-state index contributed by atoms with van der Waals surface area (Å²) in [7, 11) is -2.34. The highest BCUT2D eigenvalue weighted by Gasteiger charge is 2.23. The standard InChI is InChI=1S/CH3BrClO4P/c1-5-8(4,6-2)7-3/h1H3. The van der Waals surface area contributed by atoms with E-state index in [0.29, 0.717) is 0 Å². The molecule has 0 aliphatic rings. The van der Waals surface area contributed by atoms with Gasteiger partial charge in [-0.15, -0.1) is 0 Å². The van der Waals surface area contributed by atoms with Gasteiger partial charge < -0.3 is 0 Å². The maximum absolute atomic E-state index is 10.5. The zero-order valence-electron chi connectivity index (χ0n) is 3.84. The minimum Gasteiger partial charge on any atom is -0.289 e. The van der Waals surface area contributed by atoms with Crippen LogP contribution in [0.2, 0.25) is 0 Å². The highest BCUT2D eigenvalue weighted by Crippen LogP contribution is 2.51. The molecular weight excluding hydrogens is 222 g/mol. The van der Waals surface area contributed by atoms with Crippen LogP contribution >= 0.6 is 35.9 Å². The fourth-order valence-electron chi connectivity index (χ4n) is 0.0670. The first-order chi connectivity index (χ1) is 3.68. The molecule has 0 amide bonds. The monoisotopic (exact) mass is 224 g/mol. The molecule has 0 radical (unpaired) electrons. The third kappa shape index (κ3) is 2.44. The van der Waals surface area contributed by atoms with Gasteiger partial charge in [0.05, 0.1) is 11.9 Å². The molecule has 8 heavy (non-hydrogen) atoms. The van der Waals surface area contributed by atoms with Crippen LogP contribution in [0.25, 0.3) is 0 Å². The molecule has 4 nitrogen and oxygen atoms in total. The summed E-state index contributed by atoms with van der Waals surface area (Å²) < 4.78 is 22.4. The number of rotatable bonds is 3. The summed E-state index contributed by atoms with van der Waals surface area (Å²) in [6.45, 7) is 0. The average Bonchev–Trinajstić information content (AvgIpc) is 1.87. The van der Waals surface area contributed by atoms with Crippen LogP contribution in [0.3, 0.4) is 0 Å². The van der Waals surface area contributed by atoms with E-state index in [0.717, 1.165) is 7.11 Å². The van der Waals surface area contributed by atoms with Crippen molar-refractivity contribution < 1.29 is 16.8 Å². The van der Waals surface area contributed by atoms with Crippen molar-refractivity contribution in [2.75, 3.05) is 7.11 Å². The first-order valence-electron chi connectivity index (χ1n) is 1.45. The van der Waals surface area contributed by atoms with Crippen LogP contribution in [0.4, 0.5) is 0 Å². The zero-order chi connectivity index (χ0) is 6.62. The Morgan fingerprint density at radius 2 is 2.25 bits per heavy atom. The molecule has 50 valence electrons. The van der Waals surface area contributed by atoms with Gasteiger partial charge in [-0.3, -0.25) is 4.52 Å². The molecule has 0 aromatic heterocycles. The molecule has 0 spiro atoms. The van der Waals surface area contributed by atoms with Crippen molar-refractivity contribution in [1.29, 1.82) is 0 Å². The third-order valence-corrected chi connectivity index (χ3v) is 2.75. The van der Waals surface area contributed by atoms with Crippen LogP contribution in [0.15, 0.2) is 0 Å². The predicted molar refractivity (Wildman–Crippen MR) is 31.6 cm³/mol. The van der Waals surface area contributed by atoms with Crippen LogP contribution in [-0.2, 0) is 16.8 Å². The largest absolute Gasteiger partial charge is 0.502 e. The van der Waals surface area contributed by atoms with Crippen LogP contribution in [0, 0.1) is 0 Å². The molecule has 0 saturated carbocycles. The van der Waals surface area contributed by atoms with Gasteiger partial charge in [0.2, 0.25) is 0 Å². The molecule has 0 N–H and O–H groups in total. The number of hydrogen-bond donors (Lipinski definition) is 0. The second kappa shape index (κ2) is 3.82. The van der Waals surface area contributed by atoms with Crippen LogP contribution in [0.1, 0.15) is 0 Å². The molecule has 0 aliphatic carbocycles. The minimum atomic E-state index is -3.48. The molecule has 0 bridgehead atoms. The number of hydrogen-bond acceptors (Lipinski definition) is 4. The summed E-state index contributed by atoms with van der Waals surface area (Å²) in [6.07, 6.45) is 0. The van der Waals surface area contributed by atoms with Crippen LogP contribution < -0.4 is 0 Å².